The molecule has 2 unspecified atom stereocenters. The summed E-state index contributed by atoms with van der Waals surface area (Å²) in [4.78, 5) is 0. The van der Waals surface area contributed by atoms with E-state index in [0.29, 0.717) is 6.04 Å². The van der Waals surface area contributed by atoms with Crippen molar-refractivity contribution in [3.8, 4) is 0 Å². The summed E-state index contributed by atoms with van der Waals surface area (Å²) in [6.07, 6.45) is 5.66. The Morgan fingerprint density at radius 1 is 1.43 bits per heavy atom. The fourth-order valence-electron chi connectivity index (χ4n) is 2.53. The molecule has 1 saturated carbocycles. The second kappa shape index (κ2) is 4.42. The van der Waals surface area contributed by atoms with Gasteiger partial charge in [0, 0.05) is 17.8 Å². The molecule has 2 atom stereocenters. The summed E-state index contributed by atoms with van der Waals surface area (Å²) in [7, 11) is 0. The third kappa shape index (κ3) is 2.44. The monoisotopic (exact) mass is 215 g/mol. The minimum atomic E-state index is -0.382. The number of aliphatic hydroxyl groups is 1. The van der Waals surface area contributed by atoms with Gasteiger partial charge < -0.3 is 10.4 Å². The minimum Gasteiger partial charge on any atom is -0.389 e. The molecule has 0 aromatic carbocycles. The highest BCUT2D eigenvalue weighted by Crippen LogP contribution is 2.30. The van der Waals surface area contributed by atoms with Crippen LogP contribution in [0.2, 0.25) is 0 Å². The Kier molecular flexibility index (Phi) is 3.40. The zero-order chi connectivity index (χ0) is 10.0. The maximum atomic E-state index is 10.2. The van der Waals surface area contributed by atoms with Crippen LogP contribution in [0, 0.1) is 0 Å². The van der Waals surface area contributed by atoms with Gasteiger partial charge in [-0.2, -0.15) is 11.8 Å². The molecule has 1 saturated heterocycles. The lowest BCUT2D eigenvalue weighted by Crippen LogP contribution is -2.44. The van der Waals surface area contributed by atoms with Crippen molar-refractivity contribution in [2.24, 2.45) is 0 Å². The van der Waals surface area contributed by atoms with Crippen LogP contribution in [0.15, 0.2) is 0 Å². The highest BCUT2D eigenvalue weighted by molar-refractivity contribution is 8.00. The van der Waals surface area contributed by atoms with Crippen molar-refractivity contribution in [2.75, 3.05) is 12.3 Å². The third-order valence-corrected chi connectivity index (χ3v) is 4.93. The van der Waals surface area contributed by atoms with Gasteiger partial charge in [0.2, 0.25) is 0 Å². The quantitative estimate of drug-likeness (QED) is 0.752. The van der Waals surface area contributed by atoms with Gasteiger partial charge >= 0.3 is 0 Å². The standard InChI is InChI=1S/C11H21NOS/c1-9-10(4-7-14-9)12-8-11(13)5-2-3-6-11/h9-10,12-13H,2-8H2,1H3. The third-order valence-electron chi connectivity index (χ3n) is 3.60. The Hall–Kier alpha value is 0.270. The number of rotatable bonds is 3. The zero-order valence-corrected chi connectivity index (χ0v) is 9.78. The summed E-state index contributed by atoms with van der Waals surface area (Å²) in [6.45, 7) is 3.09. The van der Waals surface area contributed by atoms with E-state index in [2.05, 4.69) is 12.2 Å². The van der Waals surface area contributed by atoms with Gasteiger partial charge in [-0.15, -0.1) is 0 Å². The van der Waals surface area contributed by atoms with Crippen molar-refractivity contribution in [3.05, 3.63) is 0 Å². The summed E-state index contributed by atoms with van der Waals surface area (Å²) in [5.41, 5.74) is -0.382. The maximum Gasteiger partial charge on any atom is 0.0771 e. The van der Waals surface area contributed by atoms with Crippen LogP contribution in [0.1, 0.15) is 39.0 Å². The number of nitrogens with one attached hydrogen (secondary N) is 1. The van der Waals surface area contributed by atoms with E-state index in [9.17, 15) is 5.11 Å². The van der Waals surface area contributed by atoms with Gasteiger partial charge in [0.15, 0.2) is 0 Å². The van der Waals surface area contributed by atoms with Gasteiger partial charge in [-0.05, 0) is 25.0 Å². The molecule has 0 aromatic heterocycles. The number of hydrogen-bond donors (Lipinski definition) is 2. The molecule has 2 aliphatic rings. The molecule has 2 nitrogen and oxygen atoms in total. The van der Waals surface area contributed by atoms with Crippen LogP contribution in [0.5, 0.6) is 0 Å². The van der Waals surface area contributed by atoms with Crippen LogP contribution in [0.25, 0.3) is 0 Å². The molecule has 14 heavy (non-hydrogen) atoms. The topological polar surface area (TPSA) is 32.3 Å². The molecule has 3 heteroatoms. The first-order valence-electron chi connectivity index (χ1n) is 5.77. The molecule has 0 radical (unpaired) electrons. The zero-order valence-electron chi connectivity index (χ0n) is 8.96. The Morgan fingerprint density at radius 2 is 2.14 bits per heavy atom. The average Bonchev–Trinajstić information content (AvgIpc) is 2.73. The predicted octanol–water partition coefficient (Wildman–Crippen LogP) is 1.78. The van der Waals surface area contributed by atoms with Crippen LogP contribution < -0.4 is 5.32 Å². The van der Waals surface area contributed by atoms with Crippen LogP contribution in [-0.2, 0) is 0 Å². The lowest BCUT2D eigenvalue weighted by Gasteiger charge is -2.26. The molecule has 0 amide bonds. The van der Waals surface area contributed by atoms with Crippen molar-refractivity contribution in [1.82, 2.24) is 5.32 Å². The predicted molar refractivity (Wildman–Crippen MR) is 61.7 cm³/mol. The molecule has 1 heterocycles. The first kappa shape index (κ1) is 10.8. The van der Waals surface area contributed by atoms with E-state index in [4.69, 9.17) is 0 Å². The van der Waals surface area contributed by atoms with Crippen molar-refractivity contribution in [3.63, 3.8) is 0 Å². The van der Waals surface area contributed by atoms with Crippen molar-refractivity contribution < 1.29 is 5.11 Å². The normalized spacial score (nSPS) is 36.4. The Labute approximate surface area is 90.8 Å². The fraction of sp³-hybridized carbons (Fsp3) is 1.00. The van der Waals surface area contributed by atoms with Crippen LogP contribution in [-0.4, -0.2) is 34.3 Å². The average molecular weight is 215 g/mol. The second-order valence-electron chi connectivity index (χ2n) is 4.78. The number of hydrogen-bond acceptors (Lipinski definition) is 3. The summed E-state index contributed by atoms with van der Waals surface area (Å²) >= 11 is 2.04. The lowest BCUT2D eigenvalue weighted by molar-refractivity contribution is 0.0450. The lowest BCUT2D eigenvalue weighted by atomic mass is 10.0. The van der Waals surface area contributed by atoms with Crippen molar-refractivity contribution in [2.45, 2.75) is 55.9 Å². The first-order valence-corrected chi connectivity index (χ1v) is 6.82. The van der Waals surface area contributed by atoms with Crippen molar-refractivity contribution >= 4 is 11.8 Å². The van der Waals surface area contributed by atoms with E-state index < -0.39 is 0 Å². The van der Waals surface area contributed by atoms with Gasteiger partial charge in [0.1, 0.15) is 0 Å². The molecule has 1 aliphatic heterocycles. The summed E-state index contributed by atoms with van der Waals surface area (Å²) in [5, 5.41) is 14.4. The molecule has 0 spiro atoms. The van der Waals surface area contributed by atoms with E-state index in [1.54, 1.807) is 0 Å². The molecule has 2 rings (SSSR count). The minimum absolute atomic E-state index is 0.382. The van der Waals surface area contributed by atoms with Crippen molar-refractivity contribution in [1.29, 1.82) is 0 Å². The largest absolute Gasteiger partial charge is 0.389 e. The highest BCUT2D eigenvalue weighted by atomic mass is 32.2. The fourth-order valence-corrected chi connectivity index (χ4v) is 3.76. The van der Waals surface area contributed by atoms with E-state index in [1.165, 1.54) is 25.0 Å². The maximum absolute atomic E-state index is 10.2. The molecular weight excluding hydrogens is 194 g/mol. The first-order chi connectivity index (χ1) is 6.70. The smallest absolute Gasteiger partial charge is 0.0771 e. The van der Waals surface area contributed by atoms with Gasteiger partial charge in [0.25, 0.3) is 0 Å². The molecular formula is C11H21NOS. The van der Waals surface area contributed by atoms with Gasteiger partial charge in [0.05, 0.1) is 5.60 Å². The van der Waals surface area contributed by atoms with E-state index in [1.807, 2.05) is 11.8 Å². The Bertz CT molecular complexity index is 192. The molecule has 0 bridgehead atoms. The van der Waals surface area contributed by atoms with Gasteiger partial charge in [-0.3, -0.25) is 0 Å². The Morgan fingerprint density at radius 3 is 2.71 bits per heavy atom. The van der Waals surface area contributed by atoms with E-state index >= 15 is 0 Å². The molecule has 2 N–H and O–H groups in total. The van der Waals surface area contributed by atoms with Gasteiger partial charge in [-0.1, -0.05) is 19.8 Å². The van der Waals surface area contributed by atoms with Crippen LogP contribution in [0.3, 0.4) is 0 Å². The SMILES string of the molecule is CC1SCCC1NCC1(O)CCCC1. The summed E-state index contributed by atoms with van der Waals surface area (Å²) in [5.74, 6) is 1.28. The molecule has 82 valence electrons. The van der Waals surface area contributed by atoms with E-state index in [-0.39, 0.29) is 5.60 Å². The summed E-state index contributed by atoms with van der Waals surface area (Å²) < 4.78 is 0. The highest BCUT2D eigenvalue weighted by Gasteiger charge is 2.33. The van der Waals surface area contributed by atoms with Crippen LogP contribution >= 0.6 is 11.8 Å². The van der Waals surface area contributed by atoms with E-state index in [0.717, 1.165) is 24.6 Å². The number of thioether (sulfide) groups is 1. The van der Waals surface area contributed by atoms with Crippen LogP contribution in [0.4, 0.5) is 0 Å². The second-order valence-corrected chi connectivity index (χ2v) is 6.27. The van der Waals surface area contributed by atoms with Gasteiger partial charge in [-0.25, -0.2) is 0 Å². The summed E-state index contributed by atoms with van der Waals surface area (Å²) in [6, 6.07) is 0.629. The molecule has 1 aliphatic carbocycles. The Balaban J connectivity index is 1.75. The molecule has 0 aromatic rings. The molecule has 2 fully saturated rings.